The molecule has 18 aliphatic rings. The lowest BCUT2D eigenvalue weighted by Crippen LogP contribution is -2.57. The second-order valence-corrected chi connectivity index (χ2v) is 53.6. The Bertz CT molecular complexity index is 4070. The summed E-state index contributed by atoms with van der Waals surface area (Å²) < 4.78 is 0. The lowest BCUT2D eigenvalue weighted by atomic mass is 9.44. The van der Waals surface area contributed by atoms with E-state index in [1.54, 1.807) is 0 Å². The van der Waals surface area contributed by atoms with E-state index >= 15 is 0 Å². The van der Waals surface area contributed by atoms with E-state index in [9.17, 15) is 59.7 Å². The number of allylic oxidation sites excluding steroid dienone is 8. The number of aldehydes is 2. The van der Waals surface area contributed by atoms with Crippen LogP contribution < -0.4 is 0 Å². The minimum absolute atomic E-state index is 0.00105. The molecule has 0 spiro atoms. The lowest BCUT2D eigenvalue weighted by Gasteiger charge is -2.61. The Kier molecular flexibility index (Phi) is 31.1. The molecule has 0 aromatic carbocycles. The Hall–Kier alpha value is -3.23. The number of carbonyl (C=O) groups excluding carboxylic acids is 5. The number of fused-ring (bicyclic) bond motifs is 18. The molecule has 0 heterocycles. The van der Waals surface area contributed by atoms with E-state index in [1.165, 1.54) is 86.4 Å². The molecule has 0 amide bonds. The average molecular weight is 1790 g/mol. The van der Waals surface area contributed by atoms with Crippen molar-refractivity contribution in [3.05, 3.63) is 58.7 Å². The number of hydrogen-bond acceptors (Lipinski definition) is 12. The van der Waals surface area contributed by atoms with E-state index in [1.807, 2.05) is 6.08 Å². The van der Waals surface area contributed by atoms with Crippen LogP contribution in [0.4, 0.5) is 0 Å². The minimum atomic E-state index is -0.189. The summed E-state index contributed by atoms with van der Waals surface area (Å²) in [6, 6.07) is 0. The van der Waals surface area contributed by atoms with Gasteiger partial charge in [0.2, 0.25) is 0 Å². The first kappa shape index (κ1) is 103. The summed E-state index contributed by atoms with van der Waals surface area (Å²) in [6.07, 6.45) is 51.0. The van der Waals surface area contributed by atoms with Crippen LogP contribution in [-0.2, 0) is 24.0 Å². The van der Waals surface area contributed by atoms with Crippen molar-refractivity contribution >= 4 is 29.9 Å². The van der Waals surface area contributed by atoms with E-state index in [2.05, 4.69) is 184 Å². The van der Waals surface area contributed by atoms with Gasteiger partial charge in [-0.2, -0.15) is 0 Å². The quantitative estimate of drug-likeness (QED) is 0.103. The van der Waals surface area contributed by atoms with Gasteiger partial charge in [-0.3, -0.25) is 19.2 Å². The fraction of sp³-hybridized carbons (Fsp3) is 0.872. The number of carbonyl (C=O) groups is 5. The Morgan fingerprint density at radius 3 is 1.19 bits per heavy atom. The van der Waals surface area contributed by atoms with Crippen molar-refractivity contribution in [1.29, 1.82) is 0 Å². The summed E-state index contributed by atoms with van der Waals surface area (Å²) in [5, 5.41) is 73.7. The SMILES string of the molecule is C=C1CC(C=O)=CCC2C1CCC1C(C)(C)C(O)CCC21C.CC1=CC(=O)C2CCC3C(C)(C)C(O)CCC3(C)C2CC1.CC1=CCC2C(CCC3C(C)(C)C(O)CCC23C)C(=O)C1.CC1CC(C=O)CCC2C1CCC1C(C)(C)C(O)CCC21C.CC1CCC2C(CCC3C(C)(C)C(O)CCC23C)C(=O)C1.CCC1=CCC2C(CCC3C(C)(C)C(O)CCC23C)C(O)C1. The van der Waals surface area contributed by atoms with Gasteiger partial charge in [0.05, 0.1) is 42.7 Å². The Balaban J connectivity index is 0.000000132. The monoisotopic (exact) mass is 1790 g/mol. The molecule has 730 valence electrons. The maximum absolute atomic E-state index is 12.7. The summed E-state index contributed by atoms with van der Waals surface area (Å²) in [5.41, 5.74) is 7.68. The number of Topliss-reactive ketones (excluding diaryl/α,β-unsaturated/α-hetero) is 2. The number of rotatable bonds is 3. The number of aliphatic hydroxyl groups excluding tert-OH is 7. The van der Waals surface area contributed by atoms with Crippen molar-refractivity contribution in [2.24, 2.45) is 189 Å². The number of hydrogen-bond donors (Lipinski definition) is 7. The summed E-state index contributed by atoms with van der Waals surface area (Å²) in [6.45, 7) is 57.1. The van der Waals surface area contributed by atoms with E-state index in [0.717, 1.165) is 210 Å². The molecule has 0 radical (unpaired) electrons. The van der Waals surface area contributed by atoms with Crippen molar-refractivity contribution in [2.45, 2.75) is 452 Å². The normalized spacial score (nSPS) is 47.6. The van der Waals surface area contributed by atoms with Gasteiger partial charge in [-0.25, -0.2) is 0 Å². The van der Waals surface area contributed by atoms with Gasteiger partial charge >= 0.3 is 0 Å². The molecule has 18 rings (SSSR count). The van der Waals surface area contributed by atoms with E-state index in [-0.39, 0.29) is 120 Å². The molecule has 18 aliphatic carbocycles. The second-order valence-electron chi connectivity index (χ2n) is 53.6. The number of ketones is 3. The first-order chi connectivity index (χ1) is 60.2. The molecule has 14 saturated carbocycles. The predicted octanol–water partition coefficient (Wildman–Crippen LogP) is 25.5. The maximum atomic E-state index is 12.7. The van der Waals surface area contributed by atoms with Gasteiger partial charge in [0, 0.05) is 36.5 Å². The van der Waals surface area contributed by atoms with Crippen LogP contribution in [0.3, 0.4) is 0 Å². The standard InChI is InChI=1S/C20H34O2.C20H30O2.C20H34O2.C19H32O2.2C19H30O2/c2*1-13-11-14(12-21)5-7-16-15(13)6-8-17-19(2,3)18(22)9-10-20(16,17)4;1-5-13-6-8-15-14(16(21)12-13)7-9-17-19(2,3)18(22)10-11-20(15,17)4;3*1-12-5-7-14-13(15(20)11-12)6-8-16-18(2,3)17(21)9-10-19(14,16)4/h12-18,22H,5-11H2,1-4H3;5,12,15-18,22H,1,6-11H2,2-4H3;6,14-18,21-22H,5,7-12H2,1-4H3;12-14,16-17,21H,5-11H2,1-4H3;11,13-14,16-17,21H,5-10H2,1-4H3;5,13-14,16-17,21H,6-11H2,1-4H3. The molecule has 12 heteroatoms. The van der Waals surface area contributed by atoms with Crippen LogP contribution in [0.15, 0.2) is 58.7 Å². The third-order valence-corrected chi connectivity index (χ3v) is 45.1. The highest BCUT2D eigenvalue weighted by atomic mass is 16.3. The van der Waals surface area contributed by atoms with Gasteiger partial charge in [-0.15, -0.1) is 0 Å². The largest absolute Gasteiger partial charge is 0.393 e. The smallest absolute Gasteiger partial charge is 0.158 e. The van der Waals surface area contributed by atoms with Crippen LogP contribution >= 0.6 is 0 Å². The highest BCUT2D eigenvalue weighted by molar-refractivity contribution is 5.93. The van der Waals surface area contributed by atoms with Crippen LogP contribution in [0.2, 0.25) is 0 Å². The van der Waals surface area contributed by atoms with Crippen LogP contribution in [0.5, 0.6) is 0 Å². The third kappa shape index (κ3) is 19.0. The van der Waals surface area contributed by atoms with Crippen LogP contribution in [0, 0.1) is 189 Å². The van der Waals surface area contributed by atoms with Crippen LogP contribution in [0.1, 0.15) is 410 Å². The van der Waals surface area contributed by atoms with Gasteiger partial charge in [-0.05, 0) is 429 Å². The summed E-state index contributed by atoms with van der Waals surface area (Å²) in [7, 11) is 0. The van der Waals surface area contributed by atoms with Gasteiger partial charge < -0.3 is 40.5 Å². The molecule has 0 aliphatic heterocycles. The molecule has 7 N–H and O–H groups in total. The Morgan fingerprint density at radius 2 is 0.744 bits per heavy atom. The van der Waals surface area contributed by atoms with Gasteiger partial charge in [0.25, 0.3) is 0 Å². The van der Waals surface area contributed by atoms with Crippen LogP contribution in [0.25, 0.3) is 0 Å². The third-order valence-electron chi connectivity index (χ3n) is 45.1. The maximum Gasteiger partial charge on any atom is 0.158 e. The first-order valence-electron chi connectivity index (χ1n) is 53.8. The Labute approximate surface area is 785 Å². The fourth-order valence-corrected chi connectivity index (χ4v) is 37.0. The fourth-order valence-electron chi connectivity index (χ4n) is 37.0. The number of aliphatic hydroxyl groups is 7. The predicted molar refractivity (Wildman–Crippen MR) is 524 cm³/mol. The summed E-state index contributed by atoms with van der Waals surface area (Å²) in [4.78, 5) is 60.4. The molecule has 0 bridgehead atoms. The lowest BCUT2D eigenvalue weighted by molar-refractivity contribution is -0.160. The highest BCUT2D eigenvalue weighted by Gasteiger charge is 2.66. The molecule has 12 nitrogen and oxygen atoms in total. The molecule has 34 unspecified atom stereocenters. The second kappa shape index (κ2) is 38.9. The Morgan fingerprint density at radius 1 is 0.372 bits per heavy atom. The van der Waals surface area contributed by atoms with Crippen molar-refractivity contribution in [3.8, 4) is 0 Å². The van der Waals surface area contributed by atoms with Crippen molar-refractivity contribution in [3.63, 3.8) is 0 Å². The molecule has 0 aromatic heterocycles. The van der Waals surface area contributed by atoms with Crippen molar-refractivity contribution in [2.75, 3.05) is 0 Å². The van der Waals surface area contributed by atoms with Crippen LogP contribution in [-0.4, -0.2) is 108 Å². The van der Waals surface area contributed by atoms with Gasteiger partial charge in [0.15, 0.2) is 5.78 Å². The van der Waals surface area contributed by atoms with Gasteiger partial charge in [-0.1, -0.05) is 192 Å². The molecular weight excluding hydrogens is 1600 g/mol. The van der Waals surface area contributed by atoms with E-state index in [4.69, 9.17) is 0 Å². The molecule has 0 saturated heterocycles. The van der Waals surface area contributed by atoms with Crippen molar-refractivity contribution < 1.29 is 59.7 Å². The minimum Gasteiger partial charge on any atom is -0.393 e. The van der Waals surface area contributed by atoms with Crippen molar-refractivity contribution in [1.82, 2.24) is 0 Å². The summed E-state index contributed by atoms with van der Waals surface area (Å²) in [5.74, 6) is 12.3. The molecule has 0 aromatic rings. The van der Waals surface area contributed by atoms with Gasteiger partial charge in [0.1, 0.15) is 24.1 Å². The highest BCUT2D eigenvalue weighted by Crippen LogP contribution is 2.71. The summed E-state index contributed by atoms with van der Waals surface area (Å²) >= 11 is 0. The zero-order valence-corrected chi connectivity index (χ0v) is 86.1. The molecule has 14 fully saturated rings. The van der Waals surface area contributed by atoms with E-state index < -0.39 is 0 Å². The molecular formula is C117H190O12. The first-order valence-corrected chi connectivity index (χ1v) is 53.8. The van der Waals surface area contributed by atoms with E-state index in [0.29, 0.717) is 124 Å². The zero-order valence-electron chi connectivity index (χ0n) is 86.1. The average Bonchev–Trinajstić information content (AvgIpc) is 1.59. The topological polar surface area (TPSA) is 227 Å². The molecule has 129 heavy (non-hydrogen) atoms. The molecule has 34 atom stereocenters. The zero-order chi connectivity index (χ0) is 94.6.